The van der Waals surface area contributed by atoms with E-state index in [1.165, 1.54) is 29.9 Å². The summed E-state index contributed by atoms with van der Waals surface area (Å²) in [6.07, 6.45) is 4.15. The van der Waals surface area contributed by atoms with E-state index in [1.54, 1.807) is 19.2 Å². The highest BCUT2D eigenvalue weighted by atomic mass is 32.2. The van der Waals surface area contributed by atoms with Gasteiger partial charge in [0.25, 0.3) is 0 Å². The maximum atomic E-state index is 12.4. The maximum Gasteiger partial charge on any atom is 0.250 e. The quantitative estimate of drug-likeness (QED) is 0.615. The summed E-state index contributed by atoms with van der Waals surface area (Å²) in [5.74, 6) is 0.602. The molecule has 1 saturated carbocycles. The van der Waals surface area contributed by atoms with Crippen molar-refractivity contribution < 1.29 is 13.5 Å². The van der Waals surface area contributed by atoms with Gasteiger partial charge in [0.15, 0.2) is 0 Å². The number of rotatable bonds is 6. The van der Waals surface area contributed by atoms with Gasteiger partial charge in [0, 0.05) is 33.8 Å². The van der Waals surface area contributed by atoms with E-state index in [9.17, 15) is 8.42 Å². The van der Waals surface area contributed by atoms with Crippen LogP contribution in [0.3, 0.4) is 0 Å². The average Bonchev–Trinajstić information content (AvgIpc) is 3.14. The zero-order valence-corrected chi connectivity index (χ0v) is 15.3. The van der Waals surface area contributed by atoms with E-state index in [0.717, 1.165) is 21.5 Å². The van der Waals surface area contributed by atoms with Gasteiger partial charge in [-0.15, -0.1) is 11.3 Å². The molecule has 3 aromatic rings. The average molecular weight is 377 g/mol. The first-order chi connectivity index (χ1) is 12.0. The van der Waals surface area contributed by atoms with Gasteiger partial charge in [0.1, 0.15) is 9.86 Å². The molecule has 0 radical (unpaired) electrons. The molecule has 0 aliphatic heterocycles. The molecule has 25 heavy (non-hydrogen) atoms. The molecule has 0 bridgehead atoms. The summed E-state index contributed by atoms with van der Waals surface area (Å²) in [7, 11) is -3.63. The van der Waals surface area contributed by atoms with Crippen LogP contribution in [-0.4, -0.2) is 36.1 Å². The Hall–Kier alpha value is -1.74. The number of aliphatic hydroxyl groups is 1. The highest BCUT2D eigenvalue weighted by molar-refractivity contribution is 7.91. The van der Waals surface area contributed by atoms with Crippen molar-refractivity contribution in [3.8, 4) is 10.4 Å². The summed E-state index contributed by atoms with van der Waals surface area (Å²) >= 11 is 1.22. The molecule has 3 heterocycles. The Balaban J connectivity index is 1.71. The largest absolute Gasteiger partial charge is 0.395 e. The lowest BCUT2D eigenvalue weighted by Crippen LogP contribution is -2.34. The molecule has 0 amide bonds. The van der Waals surface area contributed by atoms with Crippen LogP contribution in [-0.2, 0) is 10.0 Å². The number of fused-ring (bicyclic) bond motifs is 1. The third kappa shape index (κ3) is 3.22. The van der Waals surface area contributed by atoms with Crippen molar-refractivity contribution in [3.05, 3.63) is 36.2 Å². The van der Waals surface area contributed by atoms with Crippen LogP contribution in [0.2, 0.25) is 0 Å². The molecule has 0 aromatic carbocycles. The Morgan fingerprint density at radius 1 is 1.40 bits per heavy atom. The predicted octanol–water partition coefficient (Wildman–Crippen LogP) is 2.83. The summed E-state index contributed by atoms with van der Waals surface area (Å²) in [6, 6.07) is 6.96. The molecule has 1 fully saturated rings. The molecule has 1 atom stereocenters. The van der Waals surface area contributed by atoms with E-state index in [4.69, 9.17) is 5.11 Å². The standard InChI is InChI=1S/C17H19N3O3S2/c1-10(9-21)20-25(22,23)16-5-4-15(24-16)12-6-7-18-17-13(12)8-14(19-17)11-2-3-11/h4-8,10-11,20-21H,2-3,9H2,1H3,(H,18,19)/t10-/m0/s1. The summed E-state index contributed by atoms with van der Waals surface area (Å²) in [5, 5.41) is 10.1. The molecule has 0 saturated heterocycles. The number of hydrogen-bond acceptors (Lipinski definition) is 5. The van der Waals surface area contributed by atoms with E-state index in [0.29, 0.717) is 5.92 Å². The highest BCUT2D eigenvalue weighted by Crippen LogP contribution is 2.42. The second-order valence-electron chi connectivity index (χ2n) is 6.44. The maximum absolute atomic E-state index is 12.4. The number of H-pyrrole nitrogens is 1. The minimum absolute atomic E-state index is 0.240. The van der Waals surface area contributed by atoms with Gasteiger partial charge in [-0.05, 0) is 49.9 Å². The molecule has 1 aliphatic carbocycles. The van der Waals surface area contributed by atoms with Crippen LogP contribution in [0.25, 0.3) is 21.5 Å². The van der Waals surface area contributed by atoms with Gasteiger partial charge < -0.3 is 10.1 Å². The third-order valence-corrected chi connectivity index (χ3v) is 7.51. The summed E-state index contributed by atoms with van der Waals surface area (Å²) in [4.78, 5) is 8.65. The van der Waals surface area contributed by atoms with Crippen molar-refractivity contribution in [1.29, 1.82) is 0 Å². The van der Waals surface area contributed by atoms with E-state index < -0.39 is 16.1 Å². The molecule has 3 aromatic heterocycles. The minimum Gasteiger partial charge on any atom is -0.395 e. The lowest BCUT2D eigenvalue weighted by Gasteiger charge is -2.09. The van der Waals surface area contributed by atoms with Crippen molar-refractivity contribution >= 4 is 32.4 Å². The topological polar surface area (TPSA) is 95.1 Å². The number of aromatic nitrogens is 2. The summed E-state index contributed by atoms with van der Waals surface area (Å²) < 4.78 is 27.5. The Morgan fingerprint density at radius 2 is 2.20 bits per heavy atom. The normalized spacial score (nSPS) is 16.4. The fourth-order valence-corrected chi connectivity index (χ4v) is 5.44. The van der Waals surface area contributed by atoms with Crippen molar-refractivity contribution in [3.63, 3.8) is 0 Å². The third-order valence-electron chi connectivity index (χ3n) is 4.31. The van der Waals surface area contributed by atoms with Gasteiger partial charge in [-0.1, -0.05) is 0 Å². The second kappa shape index (κ2) is 6.21. The smallest absolute Gasteiger partial charge is 0.250 e. The van der Waals surface area contributed by atoms with Crippen LogP contribution in [0.15, 0.2) is 34.7 Å². The fourth-order valence-electron chi connectivity index (χ4n) is 2.85. The van der Waals surface area contributed by atoms with E-state index in [-0.39, 0.29) is 10.8 Å². The molecular weight excluding hydrogens is 358 g/mol. The number of aliphatic hydroxyl groups excluding tert-OH is 1. The Labute approximate surface area is 150 Å². The highest BCUT2D eigenvalue weighted by Gasteiger charge is 2.26. The number of thiophene rings is 1. The Kier molecular flexibility index (Phi) is 4.15. The van der Waals surface area contributed by atoms with E-state index in [1.807, 2.05) is 12.1 Å². The Morgan fingerprint density at radius 3 is 2.92 bits per heavy atom. The number of hydrogen-bond donors (Lipinski definition) is 3. The lowest BCUT2D eigenvalue weighted by atomic mass is 10.1. The first-order valence-electron chi connectivity index (χ1n) is 8.19. The number of sulfonamides is 1. The number of nitrogens with one attached hydrogen (secondary N) is 2. The van der Waals surface area contributed by atoms with Gasteiger partial charge in [0.2, 0.25) is 10.0 Å². The van der Waals surface area contributed by atoms with Crippen LogP contribution in [0.4, 0.5) is 0 Å². The molecule has 3 N–H and O–H groups in total. The van der Waals surface area contributed by atoms with E-state index >= 15 is 0 Å². The van der Waals surface area contributed by atoms with Gasteiger partial charge in [-0.3, -0.25) is 0 Å². The van der Waals surface area contributed by atoms with Gasteiger partial charge >= 0.3 is 0 Å². The summed E-state index contributed by atoms with van der Waals surface area (Å²) in [6.45, 7) is 1.38. The molecule has 4 rings (SSSR count). The van der Waals surface area contributed by atoms with Gasteiger partial charge in [0.05, 0.1) is 6.61 Å². The fraction of sp³-hybridized carbons (Fsp3) is 0.353. The SMILES string of the molecule is C[C@@H](CO)NS(=O)(=O)c1ccc(-c2ccnc3[nH]c(C4CC4)cc23)s1. The number of pyridine rings is 1. The summed E-state index contributed by atoms with van der Waals surface area (Å²) in [5.41, 5.74) is 3.02. The number of nitrogens with zero attached hydrogens (tertiary/aromatic N) is 1. The van der Waals surface area contributed by atoms with Crippen molar-refractivity contribution in [2.75, 3.05) is 6.61 Å². The molecule has 6 nitrogen and oxygen atoms in total. The van der Waals surface area contributed by atoms with Crippen LogP contribution in [0.1, 0.15) is 31.4 Å². The first kappa shape index (κ1) is 16.7. The van der Waals surface area contributed by atoms with Crippen LogP contribution in [0.5, 0.6) is 0 Å². The molecule has 8 heteroatoms. The first-order valence-corrected chi connectivity index (χ1v) is 10.5. The monoisotopic (exact) mass is 377 g/mol. The molecule has 0 unspecified atom stereocenters. The van der Waals surface area contributed by atoms with E-state index in [2.05, 4.69) is 20.8 Å². The lowest BCUT2D eigenvalue weighted by molar-refractivity contribution is 0.265. The molecular formula is C17H19N3O3S2. The number of aromatic amines is 1. The Bertz CT molecular complexity index is 1020. The van der Waals surface area contributed by atoms with Crippen LogP contribution >= 0.6 is 11.3 Å². The zero-order valence-electron chi connectivity index (χ0n) is 13.7. The molecule has 1 aliphatic rings. The van der Waals surface area contributed by atoms with Crippen molar-refractivity contribution in [1.82, 2.24) is 14.7 Å². The second-order valence-corrected chi connectivity index (χ2v) is 9.47. The van der Waals surface area contributed by atoms with Gasteiger partial charge in [-0.2, -0.15) is 0 Å². The molecule has 132 valence electrons. The van der Waals surface area contributed by atoms with Crippen LogP contribution in [0, 0.1) is 0 Å². The van der Waals surface area contributed by atoms with Crippen molar-refractivity contribution in [2.45, 2.75) is 35.9 Å². The zero-order chi connectivity index (χ0) is 17.6. The van der Waals surface area contributed by atoms with Crippen molar-refractivity contribution in [2.24, 2.45) is 0 Å². The predicted molar refractivity (Wildman–Crippen MR) is 98.3 cm³/mol. The van der Waals surface area contributed by atoms with Crippen LogP contribution < -0.4 is 4.72 Å². The molecule has 0 spiro atoms. The minimum atomic E-state index is -3.63. The van der Waals surface area contributed by atoms with Gasteiger partial charge in [-0.25, -0.2) is 18.1 Å².